The molecule has 2 heterocycles. The number of hydrogen-bond donors (Lipinski definition) is 0. The Kier molecular flexibility index (Phi) is 5.97. The third-order valence-electron chi connectivity index (χ3n) is 5.06. The van der Waals surface area contributed by atoms with E-state index >= 15 is 0 Å². The smallest absolute Gasteiger partial charge is 0.325 e. The third-order valence-corrected chi connectivity index (χ3v) is 5.80. The summed E-state index contributed by atoms with van der Waals surface area (Å²) in [6.45, 7) is 8.95. The molecule has 0 spiro atoms. The fourth-order valence-electron chi connectivity index (χ4n) is 3.33. The maximum Gasteiger partial charge on any atom is 0.333 e. The second-order valence-corrected chi connectivity index (χ2v) is 9.31. The molecule has 1 aromatic carbocycles. The molecule has 3 rings (SSSR count). The number of halogens is 2. The van der Waals surface area contributed by atoms with Crippen LogP contribution in [0.5, 0.6) is 0 Å². The van der Waals surface area contributed by atoms with Crippen LogP contribution in [0.2, 0.25) is 10.0 Å². The molecule has 0 saturated heterocycles. The Bertz CT molecular complexity index is 1180. The van der Waals surface area contributed by atoms with Crippen molar-refractivity contribution in [2.75, 3.05) is 0 Å². The molecule has 29 heavy (non-hydrogen) atoms. The van der Waals surface area contributed by atoms with E-state index in [1.807, 2.05) is 14.0 Å². The van der Waals surface area contributed by atoms with E-state index in [4.69, 9.17) is 23.2 Å². The number of imidazole rings is 1. The van der Waals surface area contributed by atoms with Crippen molar-refractivity contribution >= 4 is 34.4 Å². The zero-order chi connectivity index (χ0) is 21.5. The van der Waals surface area contributed by atoms with Crippen LogP contribution in [-0.2, 0) is 26.6 Å². The van der Waals surface area contributed by atoms with Gasteiger partial charge in [0.1, 0.15) is 5.82 Å². The van der Waals surface area contributed by atoms with Gasteiger partial charge in [0, 0.05) is 20.0 Å². The first-order valence-corrected chi connectivity index (χ1v) is 10.4. The maximum atomic E-state index is 13.3. The molecule has 0 N–H and O–H groups in total. The minimum Gasteiger partial charge on any atom is -0.325 e. The summed E-state index contributed by atoms with van der Waals surface area (Å²) in [5.41, 5.74) is 0.956. The van der Waals surface area contributed by atoms with Crippen LogP contribution in [0.1, 0.15) is 45.5 Å². The normalized spacial score (nSPS) is 12.1. The van der Waals surface area contributed by atoms with Gasteiger partial charge in [0.15, 0.2) is 11.2 Å². The highest BCUT2D eigenvalue weighted by Gasteiger charge is 2.21. The summed E-state index contributed by atoms with van der Waals surface area (Å²) in [4.78, 5) is 31.1. The number of nitrogens with zero attached hydrogens (tertiary/aromatic N) is 4. The molecule has 0 fully saturated rings. The topological polar surface area (TPSA) is 61.8 Å². The summed E-state index contributed by atoms with van der Waals surface area (Å²) in [5.74, 6) is 0.772. The Morgan fingerprint density at radius 2 is 1.76 bits per heavy atom. The van der Waals surface area contributed by atoms with E-state index in [-0.39, 0.29) is 23.2 Å². The van der Waals surface area contributed by atoms with Gasteiger partial charge in [0.25, 0.3) is 5.56 Å². The molecule has 0 unspecified atom stereocenters. The molecule has 6 nitrogen and oxygen atoms in total. The molecular formula is C21H26Cl2N4O2. The van der Waals surface area contributed by atoms with Crippen molar-refractivity contribution in [3.8, 4) is 0 Å². The van der Waals surface area contributed by atoms with Crippen LogP contribution in [0.4, 0.5) is 0 Å². The van der Waals surface area contributed by atoms with Crippen LogP contribution in [0.3, 0.4) is 0 Å². The highest BCUT2D eigenvalue weighted by molar-refractivity contribution is 6.42. The van der Waals surface area contributed by atoms with Gasteiger partial charge in [-0.25, -0.2) is 9.78 Å². The van der Waals surface area contributed by atoms with Crippen molar-refractivity contribution in [2.45, 2.75) is 53.6 Å². The van der Waals surface area contributed by atoms with Gasteiger partial charge >= 0.3 is 5.69 Å². The second kappa shape index (κ2) is 8.00. The first kappa shape index (κ1) is 21.7. The van der Waals surface area contributed by atoms with Crippen molar-refractivity contribution in [3.63, 3.8) is 0 Å². The van der Waals surface area contributed by atoms with Gasteiger partial charge in [-0.3, -0.25) is 13.9 Å². The van der Waals surface area contributed by atoms with Gasteiger partial charge in [0.2, 0.25) is 0 Å². The number of aryl methyl sites for hydroxylation is 3. The first-order valence-electron chi connectivity index (χ1n) is 9.66. The average molecular weight is 437 g/mol. The predicted molar refractivity (Wildman–Crippen MR) is 118 cm³/mol. The summed E-state index contributed by atoms with van der Waals surface area (Å²) >= 11 is 12.1. The molecule has 156 valence electrons. The first-order chi connectivity index (χ1) is 13.5. The molecule has 0 radical (unpaired) electrons. The SMILES string of the molecule is CCc1nc2c(c(=O)n(Cc3ccc(Cl)c(Cl)c3)c(=O)n2CCC(C)(C)C)n1C. The molecule has 0 aliphatic heterocycles. The number of fused-ring (bicyclic) bond motifs is 1. The summed E-state index contributed by atoms with van der Waals surface area (Å²) < 4.78 is 4.67. The van der Waals surface area contributed by atoms with E-state index in [0.717, 1.165) is 17.8 Å². The lowest BCUT2D eigenvalue weighted by molar-refractivity contribution is 0.346. The van der Waals surface area contributed by atoms with Crippen LogP contribution in [0, 0.1) is 5.41 Å². The van der Waals surface area contributed by atoms with Gasteiger partial charge in [-0.2, -0.15) is 0 Å². The third kappa shape index (κ3) is 4.28. The summed E-state index contributed by atoms with van der Waals surface area (Å²) in [6.07, 6.45) is 1.45. The lowest BCUT2D eigenvalue weighted by Crippen LogP contribution is -2.41. The van der Waals surface area contributed by atoms with Crippen molar-refractivity contribution in [2.24, 2.45) is 12.5 Å². The minimum atomic E-state index is -0.362. The van der Waals surface area contributed by atoms with E-state index in [1.54, 1.807) is 27.3 Å². The van der Waals surface area contributed by atoms with E-state index in [2.05, 4.69) is 25.8 Å². The van der Waals surface area contributed by atoms with Gasteiger partial charge in [-0.15, -0.1) is 0 Å². The van der Waals surface area contributed by atoms with Crippen LogP contribution >= 0.6 is 23.2 Å². The summed E-state index contributed by atoms with van der Waals surface area (Å²) in [5, 5.41) is 0.820. The highest BCUT2D eigenvalue weighted by atomic mass is 35.5. The van der Waals surface area contributed by atoms with E-state index in [0.29, 0.717) is 34.2 Å². The molecule has 2 aromatic heterocycles. The quantitative estimate of drug-likeness (QED) is 0.600. The van der Waals surface area contributed by atoms with Crippen LogP contribution in [0.15, 0.2) is 27.8 Å². The molecule has 8 heteroatoms. The Morgan fingerprint density at radius 3 is 2.34 bits per heavy atom. The molecule has 3 aromatic rings. The predicted octanol–water partition coefficient (Wildman–Crippen LogP) is 4.25. The molecule has 0 amide bonds. The van der Waals surface area contributed by atoms with Crippen molar-refractivity contribution in [1.29, 1.82) is 0 Å². The molecule has 0 bridgehead atoms. The van der Waals surface area contributed by atoms with Crippen LogP contribution < -0.4 is 11.2 Å². The largest absolute Gasteiger partial charge is 0.333 e. The Hall–Kier alpha value is -2.05. The van der Waals surface area contributed by atoms with Crippen LogP contribution in [-0.4, -0.2) is 18.7 Å². The zero-order valence-electron chi connectivity index (χ0n) is 17.4. The Balaban J connectivity index is 2.23. The Labute approximate surface area is 179 Å². The van der Waals surface area contributed by atoms with Crippen molar-refractivity contribution in [1.82, 2.24) is 18.7 Å². The molecule has 0 saturated carbocycles. The van der Waals surface area contributed by atoms with E-state index in [1.165, 1.54) is 4.57 Å². The molecule has 0 aliphatic carbocycles. The second-order valence-electron chi connectivity index (χ2n) is 8.50. The van der Waals surface area contributed by atoms with Crippen molar-refractivity contribution < 1.29 is 0 Å². The van der Waals surface area contributed by atoms with Crippen molar-refractivity contribution in [3.05, 3.63) is 60.5 Å². The van der Waals surface area contributed by atoms with E-state index < -0.39 is 0 Å². The van der Waals surface area contributed by atoms with Gasteiger partial charge < -0.3 is 4.57 Å². The lowest BCUT2D eigenvalue weighted by Gasteiger charge is -2.19. The average Bonchev–Trinajstić information content (AvgIpc) is 2.97. The molecule has 0 atom stereocenters. The highest BCUT2D eigenvalue weighted by Crippen LogP contribution is 2.23. The molecular weight excluding hydrogens is 411 g/mol. The zero-order valence-corrected chi connectivity index (χ0v) is 18.9. The van der Waals surface area contributed by atoms with Gasteiger partial charge in [0.05, 0.1) is 16.6 Å². The lowest BCUT2D eigenvalue weighted by atomic mass is 9.92. The number of benzene rings is 1. The number of aromatic nitrogens is 4. The number of rotatable bonds is 5. The summed E-state index contributed by atoms with van der Waals surface area (Å²) in [6, 6.07) is 5.12. The fourth-order valence-corrected chi connectivity index (χ4v) is 3.65. The van der Waals surface area contributed by atoms with Crippen LogP contribution in [0.25, 0.3) is 11.2 Å². The number of hydrogen-bond acceptors (Lipinski definition) is 3. The fraction of sp³-hybridized carbons (Fsp3) is 0.476. The van der Waals surface area contributed by atoms with E-state index in [9.17, 15) is 9.59 Å². The monoisotopic (exact) mass is 436 g/mol. The minimum absolute atomic E-state index is 0.0405. The maximum absolute atomic E-state index is 13.3. The summed E-state index contributed by atoms with van der Waals surface area (Å²) in [7, 11) is 1.82. The molecule has 0 aliphatic rings. The standard InChI is InChI=1S/C21H26Cl2N4O2/c1-6-16-24-18-17(25(16)5)19(28)27(12-13-7-8-14(22)15(23)11-13)20(29)26(18)10-9-21(2,3)4/h7-8,11H,6,9-10,12H2,1-5H3. The van der Waals surface area contributed by atoms with Gasteiger partial charge in [-0.1, -0.05) is 57.0 Å². The van der Waals surface area contributed by atoms with Gasteiger partial charge in [-0.05, 0) is 29.5 Å². The Morgan fingerprint density at radius 1 is 1.07 bits per heavy atom.